The third-order valence-corrected chi connectivity index (χ3v) is 5.17. The van der Waals surface area contributed by atoms with Gasteiger partial charge in [0.05, 0.1) is 4.90 Å². The van der Waals surface area contributed by atoms with Crippen molar-refractivity contribution in [3.63, 3.8) is 0 Å². The fraction of sp³-hybridized carbons (Fsp3) is 0.364. The zero-order valence-electron chi connectivity index (χ0n) is 9.52. The summed E-state index contributed by atoms with van der Waals surface area (Å²) in [6.45, 7) is 0.218. The molecule has 0 bridgehead atoms. The van der Waals surface area contributed by atoms with Crippen molar-refractivity contribution in [2.24, 2.45) is 0 Å². The maximum Gasteiger partial charge on any atom is 0.241 e. The van der Waals surface area contributed by atoms with E-state index in [-0.39, 0.29) is 23.4 Å². The van der Waals surface area contributed by atoms with Crippen LogP contribution in [-0.4, -0.2) is 26.9 Å². The summed E-state index contributed by atoms with van der Waals surface area (Å²) in [4.78, 5) is 11.2. The Hall–Kier alpha value is -0.920. The first kappa shape index (κ1) is 13.5. The van der Waals surface area contributed by atoms with Crippen LogP contribution in [0, 0.1) is 0 Å². The van der Waals surface area contributed by atoms with Crippen LogP contribution in [0.3, 0.4) is 0 Å². The highest BCUT2D eigenvalue weighted by atomic mass is 79.9. The molecule has 2 rings (SSSR count). The van der Waals surface area contributed by atoms with Gasteiger partial charge in [0.15, 0.2) is 0 Å². The van der Waals surface area contributed by atoms with Crippen molar-refractivity contribution < 1.29 is 13.2 Å². The van der Waals surface area contributed by atoms with Gasteiger partial charge in [0, 0.05) is 23.5 Å². The van der Waals surface area contributed by atoms with Gasteiger partial charge in [-0.05, 0) is 34.5 Å². The van der Waals surface area contributed by atoms with E-state index in [2.05, 4.69) is 26.0 Å². The summed E-state index contributed by atoms with van der Waals surface area (Å²) in [6, 6.07) is 6.50. The lowest BCUT2D eigenvalue weighted by Gasteiger charge is -2.12. The summed E-state index contributed by atoms with van der Waals surface area (Å²) < 4.78 is 27.1. The molecule has 98 valence electrons. The van der Waals surface area contributed by atoms with Gasteiger partial charge in [-0.2, -0.15) is 0 Å². The van der Waals surface area contributed by atoms with E-state index >= 15 is 0 Å². The summed E-state index contributed by atoms with van der Waals surface area (Å²) >= 11 is 3.21. The maximum atomic E-state index is 12.0. The molecule has 1 unspecified atom stereocenters. The van der Waals surface area contributed by atoms with Crippen LogP contribution < -0.4 is 10.0 Å². The Balaban J connectivity index is 2.04. The van der Waals surface area contributed by atoms with Crippen LogP contribution in [0.4, 0.5) is 0 Å². The Morgan fingerprint density at radius 3 is 2.72 bits per heavy atom. The molecule has 0 aromatic heterocycles. The second-order valence-electron chi connectivity index (χ2n) is 4.09. The van der Waals surface area contributed by atoms with E-state index in [9.17, 15) is 13.2 Å². The molecule has 1 aromatic rings. The second kappa shape index (κ2) is 5.38. The molecular weight excluding hydrogens is 320 g/mol. The minimum atomic E-state index is -3.54. The topological polar surface area (TPSA) is 75.3 Å². The smallest absolute Gasteiger partial charge is 0.241 e. The molecule has 1 aliphatic heterocycles. The molecule has 7 heteroatoms. The molecule has 0 saturated carbocycles. The van der Waals surface area contributed by atoms with Crippen molar-refractivity contribution >= 4 is 31.9 Å². The summed E-state index contributed by atoms with van der Waals surface area (Å²) in [5, 5.41) is 2.71. The fourth-order valence-corrected chi connectivity index (χ4v) is 3.86. The van der Waals surface area contributed by atoms with Crippen LogP contribution in [0.2, 0.25) is 0 Å². The predicted molar refractivity (Wildman–Crippen MR) is 70.5 cm³/mol. The van der Waals surface area contributed by atoms with Crippen LogP contribution in [0.5, 0.6) is 0 Å². The SMILES string of the molecule is O=C1CCC(CNS(=O)(=O)c2ccccc2Br)N1. The summed E-state index contributed by atoms with van der Waals surface area (Å²) in [5.74, 6) is -0.0277. The predicted octanol–water partition coefficient (Wildman–Crippen LogP) is 1.01. The first-order chi connectivity index (χ1) is 8.49. The van der Waals surface area contributed by atoms with E-state index in [1.807, 2.05) is 0 Å². The molecule has 1 fully saturated rings. The van der Waals surface area contributed by atoms with Crippen molar-refractivity contribution in [2.45, 2.75) is 23.8 Å². The highest BCUT2D eigenvalue weighted by Crippen LogP contribution is 2.20. The molecule has 1 aliphatic rings. The van der Waals surface area contributed by atoms with Gasteiger partial charge in [0.2, 0.25) is 15.9 Å². The van der Waals surface area contributed by atoms with Crippen molar-refractivity contribution in [3.8, 4) is 0 Å². The van der Waals surface area contributed by atoms with Gasteiger partial charge in [-0.25, -0.2) is 13.1 Å². The molecular formula is C11H13BrN2O3S. The summed E-state index contributed by atoms with van der Waals surface area (Å²) in [7, 11) is -3.54. The number of benzene rings is 1. The van der Waals surface area contributed by atoms with Gasteiger partial charge in [-0.3, -0.25) is 4.79 Å². The van der Waals surface area contributed by atoms with E-state index in [0.29, 0.717) is 17.3 Å². The fourth-order valence-electron chi connectivity index (χ4n) is 1.78. The number of nitrogens with one attached hydrogen (secondary N) is 2. The first-order valence-corrected chi connectivity index (χ1v) is 7.80. The average molecular weight is 333 g/mol. The summed E-state index contributed by atoms with van der Waals surface area (Å²) in [5.41, 5.74) is 0. The van der Waals surface area contributed by atoms with Gasteiger partial charge in [-0.1, -0.05) is 12.1 Å². The third kappa shape index (κ3) is 3.09. The lowest BCUT2D eigenvalue weighted by Crippen LogP contribution is -2.38. The third-order valence-electron chi connectivity index (χ3n) is 2.73. The van der Waals surface area contributed by atoms with Crippen LogP contribution in [0.1, 0.15) is 12.8 Å². The Morgan fingerprint density at radius 2 is 2.11 bits per heavy atom. The largest absolute Gasteiger partial charge is 0.352 e. The van der Waals surface area contributed by atoms with Crippen LogP contribution in [-0.2, 0) is 14.8 Å². The molecule has 0 aliphatic carbocycles. The number of carbonyl (C=O) groups is 1. The molecule has 1 saturated heterocycles. The molecule has 1 heterocycles. The lowest BCUT2D eigenvalue weighted by atomic mass is 10.2. The molecule has 0 spiro atoms. The number of halogens is 1. The number of rotatable bonds is 4. The first-order valence-electron chi connectivity index (χ1n) is 5.52. The Labute approximate surface area is 114 Å². The number of carbonyl (C=O) groups excluding carboxylic acids is 1. The summed E-state index contributed by atoms with van der Waals surface area (Å²) in [6.07, 6.45) is 1.12. The van der Waals surface area contributed by atoms with E-state index in [1.54, 1.807) is 18.2 Å². The molecule has 1 aromatic carbocycles. The monoisotopic (exact) mass is 332 g/mol. The lowest BCUT2D eigenvalue weighted by molar-refractivity contribution is -0.119. The molecule has 5 nitrogen and oxygen atoms in total. The minimum Gasteiger partial charge on any atom is -0.352 e. The van der Waals surface area contributed by atoms with E-state index in [4.69, 9.17) is 0 Å². The molecule has 2 N–H and O–H groups in total. The minimum absolute atomic E-state index is 0.0277. The van der Waals surface area contributed by atoms with E-state index in [1.165, 1.54) is 6.07 Å². The average Bonchev–Trinajstić information content (AvgIpc) is 2.73. The number of amides is 1. The second-order valence-corrected chi connectivity index (χ2v) is 6.68. The van der Waals surface area contributed by atoms with Crippen LogP contribution in [0.25, 0.3) is 0 Å². The van der Waals surface area contributed by atoms with Gasteiger partial charge in [-0.15, -0.1) is 0 Å². The van der Waals surface area contributed by atoms with Crippen molar-refractivity contribution in [1.29, 1.82) is 0 Å². The van der Waals surface area contributed by atoms with Crippen molar-refractivity contribution in [2.75, 3.05) is 6.54 Å². The molecule has 1 atom stereocenters. The quantitative estimate of drug-likeness (QED) is 0.863. The number of hydrogen-bond acceptors (Lipinski definition) is 3. The van der Waals surface area contributed by atoms with Gasteiger partial charge >= 0.3 is 0 Å². The molecule has 0 radical (unpaired) electrons. The van der Waals surface area contributed by atoms with Crippen LogP contribution >= 0.6 is 15.9 Å². The zero-order valence-corrected chi connectivity index (χ0v) is 11.9. The zero-order chi connectivity index (χ0) is 13.2. The van der Waals surface area contributed by atoms with Crippen molar-refractivity contribution in [3.05, 3.63) is 28.7 Å². The molecule has 18 heavy (non-hydrogen) atoms. The Morgan fingerprint density at radius 1 is 1.39 bits per heavy atom. The highest BCUT2D eigenvalue weighted by Gasteiger charge is 2.23. The van der Waals surface area contributed by atoms with E-state index in [0.717, 1.165) is 0 Å². The highest BCUT2D eigenvalue weighted by molar-refractivity contribution is 9.10. The normalized spacial score (nSPS) is 19.8. The Bertz CT molecular complexity index is 559. The maximum absolute atomic E-state index is 12.0. The van der Waals surface area contributed by atoms with Crippen LogP contribution in [0.15, 0.2) is 33.6 Å². The molecule has 1 amide bonds. The number of hydrogen-bond donors (Lipinski definition) is 2. The van der Waals surface area contributed by atoms with Crippen molar-refractivity contribution in [1.82, 2.24) is 10.0 Å². The standard InChI is InChI=1S/C11H13BrN2O3S/c12-9-3-1-2-4-10(9)18(16,17)13-7-8-5-6-11(15)14-8/h1-4,8,13H,5-7H2,(H,14,15). The Kier molecular flexibility index (Phi) is 4.04. The van der Waals surface area contributed by atoms with Gasteiger partial charge < -0.3 is 5.32 Å². The van der Waals surface area contributed by atoms with Gasteiger partial charge in [0.25, 0.3) is 0 Å². The number of sulfonamides is 1. The van der Waals surface area contributed by atoms with E-state index < -0.39 is 10.0 Å². The van der Waals surface area contributed by atoms with Gasteiger partial charge in [0.1, 0.15) is 0 Å².